The quantitative estimate of drug-likeness (QED) is 0.544. The fraction of sp³-hybridized carbons (Fsp3) is 0.286. The molecule has 0 atom stereocenters. The molecule has 3 heteroatoms. The molecule has 0 spiro atoms. The number of allylic oxidation sites excluding steroid dienone is 1. The molecule has 2 aromatic rings. The Kier molecular flexibility index (Phi) is 6.19. The summed E-state index contributed by atoms with van der Waals surface area (Å²) in [6, 6.07) is 13.5. The van der Waals surface area contributed by atoms with E-state index in [0.717, 1.165) is 30.0 Å². The normalized spacial score (nSPS) is 10.8. The van der Waals surface area contributed by atoms with E-state index >= 15 is 0 Å². The van der Waals surface area contributed by atoms with Gasteiger partial charge in [0, 0.05) is 24.3 Å². The first kappa shape index (κ1) is 17.8. The highest BCUT2D eigenvalue weighted by Crippen LogP contribution is 2.20. The van der Waals surface area contributed by atoms with Gasteiger partial charge in [-0.2, -0.15) is 0 Å². The van der Waals surface area contributed by atoms with Crippen LogP contribution in [0.15, 0.2) is 48.5 Å². The summed E-state index contributed by atoms with van der Waals surface area (Å²) in [5, 5.41) is 0. The van der Waals surface area contributed by atoms with E-state index < -0.39 is 0 Å². The van der Waals surface area contributed by atoms with Crippen molar-refractivity contribution in [3.8, 4) is 5.75 Å². The second-order valence-corrected chi connectivity index (χ2v) is 5.64. The summed E-state index contributed by atoms with van der Waals surface area (Å²) in [6.07, 6.45) is 3.51. The Morgan fingerprint density at radius 3 is 2.29 bits per heavy atom. The summed E-state index contributed by atoms with van der Waals surface area (Å²) < 4.78 is 5.11. The lowest BCUT2D eigenvalue weighted by molar-refractivity contribution is 0.104. The number of methoxy groups -OCH3 is 1. The predicted molar refractivity (Wildman–Crippen MR) is 101 cm³/mol. The molecule has 24 heavy (non-hydrogen) atoms. The van der Waals surface area contributed by atoms with Gasteiger partial charge in [0.05, 0.1) is 7.11 Å². The van der Waals surface area contributed by atoms with Crippen LogP contribution in [-0.2, 0) is 0 Å². The number of nitrogens with zero attached hydrogens (tertiary/aromatic N) is 1. The second-order valence-electron chi connectivity index (χ2n) is 5.64. The number of ether oxygens (including phenoxy) is 1. The van der Waals surface area contributed by atoms with Crippen LogP contribution in [0, 0.1) is 6.92 Å². The van der Waals surface area contributed by atoms with Crippen LogP contribution in [0.3, 0.4) is 0 Å². The van der Waals surface area contributed by atoms with Gasteiger partial charge in [-0.15, -0.1) is 0 Å². The maximum atomic E-state index is 12.3. The summed E-state index contributed by atoms with van der Waals surface area (Å²) in [4.78, 5) is 14.6. The second kappa shape index (κ2) is 8.34. The van der Waals surface area contributed by atoms with Gasteiger partial charge in [-0.1, -0.05) is 12.1 Å². The molecule has 0 radical (unpaired) electrons. The number of carbonyl (C=O) groups excluding carboxylic acids is 1. The number of ketones is 1. The smallest absolute Gasteiger partial charge is 0.185 e. The van der Waals surface area contributed by atoms with Gasteiger partial charge in [-0.25, -0.2) is 0 Å². The molecule has 0 aromatic heterocycles. The third-order valence-electron chi connectivity index (χ3n) is 4.17. The first-order chi connectivity index (χ1) is 11.6. The highest BCUT2D eigenvalue weighted by Gasteiger charge is 2.05. The molecule has 3 nitrogen and oxygen atoms in total. The van der Waals surface area contributed by atoms with Crippen LogP contribution in [0.2, 0.25) is 0 Å². The zero-order chi connectivity index (χ0) is 17.5. The van der Waals surface area contributed by atoms with Gasteiger partial charge < -0.3 is 9.64 Å². The van der Waals surface area contributed by atoms with Crippen LogP contribution in [0.4, 0.5) is 5.69 Å². The van der Waals surface area contributed by atoms with Gasteiger partial charge in [0.15, 0.2) is 5.78 Å². The lowest BCUT2D eigenvalue weighted by Crippen LogP contribution is -2.21. The summed E-state index contributed by atoms with van der Waals surface area (Å²) in [7, 11) is 1.61. The Bertz CT molecular complexity index is 713. The van der Waals surface area contributed by atoms with Crippen LogP contribution in [0.5, 0.6) is 5.75 Å². The molecule has 0 aliphatic heterocycles. The fourth-order valence-electron chi connectivity index (χ4n) is 2.65. The number of aryl methyl sites for hydroxylation is 1. The Balaban J connectivity index is 2.14. The lowest BCUT2D eigenvalue weighted by atomic mass is 10.0. The van der Waals surface area contributed by atoms with E-state index in [1.807, 2.05) is 6.08 Å². The van der Waals surface area contributed by atoms with E-state index in [1.165, 1.54) is 5.69 Å². The number of benzene rings is 2. The van der Waals surface area contributed by atoms with E-state index in [4.69, 9.17) is 4.74 Å². The van der Waals surface area contributed by atoms with Crippen molar-refractivity contribution in [3.63, 3.8) is 0 Å². The number of carbonyl (C=O) groups is 1. The number of hydrogen-bond acceptors (Lipinski definition) is 3. The molecule has 126 valence electrons. The van der Waals surface area contributed by atoms with Gasteiger partial charge in [-0.3, -0.25) is 4.79 Å². The van der Waals surface area contributed by atoms with Crippen molar-refractivity contribution < 1.29 is 9.53 Å². The van der Waals surface area contributed by atoms with E-state index in [-0.39, 0.29) is 5.78 Å². The van der Waals surface area contributed by atoms with E-state index in [0.29, 0.717) is 5.56 Å². The SMILES string of the molecule is CCN(CC)c1ccc(C=CC(=O)c2ccc(OC)cc2)c(C)c1. The zero-order valence-corrected chi connectivity index (χ0v) is 14.9. The first-order valence-corrected chi connectivity index (χ1v) is 8.31. The molecule has 0 fully saturated rings. The van der Waals surface area contributed by atoms with E-state index in [2.05, 4.69) is 43.9 Å². The molecule has 0 unspecified atom stereocenters. The molecule has 0 N–H and O–H groups in total. The maximum Gasteiger partial charge on any atom is 0.185 e. The van der Waals surface area contributed by atoms with Crippen molar-refractivity contribution in [1.82, 2.24) is 0 Å². The highest BCUT2D eigenvalue weighted by molar-refractivity contribution is 6.06. The minimum absolute atomic E-state index is 0.00938. The van der Waals surface area contributed by atoms with Crippen LogP contribution < -0.4 is 9.64 Å². The molecular weight excluding hydrogens is 298 g/mol. The Labute approximate surface area is 144 Å². The molecule has 0 aliphatic rings. The average molecular weight is 323 g/mol. The molecule has 2 aromatic carbocycles. The molecule has 0 heterocycles. The van der Waals surface area contributed by atoms with Gasteiger partial charge in [0.25, 0.3) is 0 Å². The third-order valence-corrected chi connectivity index (χ3v) is 4.17. The van der Waals surface area contributed by atoms with Crippen LogP contribution in [0.1, 0.15) is 35.3 Å². The lowest BCUT2D eigenvalue weighted by Gasteiger charge is -2.21. The molecule has 0 amide bonds. The van der Waals surface area contributed by atoms with Crippen LogP contribution in [-0.4, -0.2) is 26.0 Å². The van der Waals surface area contributed by atoms with Crippen LogP contribution in [0.25, 0.3) is 6.08 Å². The van der Waals surface area contributed by atoms with Gasteiger partial charge in [-0.05, 0) is 74.4 Å². The molecule has 0 saturated carbocycles. The van der Waals surface area contributed by atoms with Crippen molar-refractivity contribution >= 4 is 17.5 Å². The zero-order valence-electron chi connectivity index (χ0n) is 14.9. The monoisotopic (exact) mass is 323 g/mol. The fourth-order valence-corrected chi connectivity index (χ4v) is 2.65. The summed E-state index contributed by atoms with van der Waals surface area (Å²) in [5.74, 6) is 0.739. The van der Waals surface area contributed by atoms with E-state index in [1.54, 1.807) is 37.5 Å². The number of hydrogen-bond donors (Lipinski definition) is 0. The number of rotatable bonds is 7. The highest BCUT2D eigenvalue weighted by atomic mass is 16.5. The van der Waals surface area contributed by atoms with Crippen molar-refractivity contribution in [1.29, 1.82) is 0 Å². The van der Waals surface area contributed by atoms with Gasteiger partial charge >= 0.3 is 0 Å². The standard InChI is InChI=1S/C21H25NO2/c1-5-22(6-2)19-11-7-17(16(3)15-19)10-14-21(23)18-8-12-20(24-4)13-9-18/h7-15H,5-6H2,1-4H3. The Morgan fingerprint density at radius 1 is 1.08 bits per heavy atom. The van der Waals surface area contributed by atoms with Crippen LogP contribution >= 0.6 is 0 Å². The van der Waals surface area contributed by atoms with Crippen molar-refractivity contribution in [2.24, 2.45) is 0 Å². The first-order valence-electron chi connectivity index (χ1n) is 8.31. The predicted octanol–water partition coefficient (Wildman–Crippen LogP) is 4.75. The molecule has 0 aliphatic carbocycles. The summed E-state index contributed by atoms with van der Waals surface area (Å²) in [5.41, 5.74) is 4.10. The molecular formula is C21H25NO2. The van der Waals surface area contributed by atoms with Crippen molar-refractivity contribution in [3.05, 3.63) is 65.2 Å². The molecule has 0 saturated heterocycles. The Morgan fingerprint density at radius 2 is 1.75 bits per heavy atom. The minimum atomic E-state index is -0.00938. The molecule has 2 rings (SSSR count). The molecule has 0 bridgehead atoms. The van der Waals surface area contributed by atoms with E-state index in [9.17, 15) is 4.79 Å². The Hall–Kier alpha value is -2.55. The maximum absolute atomic E-state index is 12.3. The van der Waals surface area contributed by atoms with Gasteiger partial charge in [0.1, 0.15) is 5.75 Å². The van der Waals surface area contributed by atoms with Gasteiger partial charge in [0.2, 0.25) is 0 Å². The number of anilines is 1. The third kappa shape index (κ3) is 4.25. The van der Waals surface area contributed by atoms with Crippen molar-refractivity contribution in [2.75, 3.05) is 25.1 Å². The summed E-state index contributed by atoms with van der Waals surface area (Å²) >= 11 is 0. The van der Waals surface area contributed by atoms with Crippen molar-refractivity contribution in [2.45, 2.75) is 20.8 Å². The topological polar surface area (TPSA) is 29.5 Å². The summed E-state index contributed by atoms with van der Waals surface area (Å²) in [6.45, 7) is 8.35. The minimum Gasteiger partial charge on any atom is -0.497 e. The largest absolute Gasteiger partial charge is 0.497 e. The average Bonchev–Trinajstić information content (AvgIpc) is 2.62.